The molecule has 7 nitrogen and oxygen atoms in total. The molecule has 0 aromatic heterocycles. The Morgan fingerprint density at radius 1 is 1.18 bits per heavy atom. The third-order valence-corrected chi connectivity index (χ3v) is 5.80. The molecule has 0 bridgehead atoms. The van der Waals surface area contributed by atoms with Gasteiger partial charge < -0.3 is 10.6 Å². The maximum Gasteiger partial charge on any atom is 0.244 e. The molecule has 28 heavy (non-hydrogen) atoms. The molecular weight excluding hydrogens is 409 g/mol. The second kappa shape index (κ2) is 8.68. The van der Waals surface area contributed by atoms with Crippen molar-refractivity contribution in [2.45, 2.75) is 23.9 Å². The van der Waals surface area contributed by atoms with Gasteiger partial charge in [0.1, 0.15) is 11.9 Å². The van der Waals surface area contributed by atoms with Gasteiger partial charge >= 0.3 is 0 Å². The smallest absolute Gasteiger partial charge is 0.244 e. The molecule has 2 amide bonds. The normalized spacial score (nSPS) is 13.6. The molecule has 2 rings (SSSR count). The highest BCUT2D eigenvalue weighted by molar-refractivity contribution is 7.89. The highest BCUT2D eigenvalue weighted by Crippen LogP contribution is 2.21. The van der Waals surface area contributed by atoms with E-state index in [0.29, 0.717) is 5.02 Å². The van der Waals surface area contributed by atoms with Crippen molar-refractivity contribution < 1.29 is 22.4 Å². The minimum atomic E-state index is -4.00. The van der Waals surface area contributed by atoms with Crippen molar-refractivity contribution in [3.63, 3.8) is 0 Å². The van der Waals surface area contributed by atoms with Gasteiger partial charge in [-0.3, -0.25) is 9.59 Å². The second-order valence-electron chi connectivity index (χ2n) is 6.11. The minimum absolute atomic E-state index is 0.0733. The predicted molar refractivity (Wildman–Crippen MR) is 102 cm³/mol. The van der Waals surface area contributed by atoms with E-state index >= 15 is 0 Å². The summed E-state index contributed by atoms with van der Waals surface area (Å²) in [7, 11) is -2.72. The first kappa shape index (κ1) is 21.8. The molecule has 2 aromatic rings. The van der Waals surface area contributed by atoms with Crippen LogP contribution >= 0.6 is 11.6 Å². The van der Waals surface area contributed by atoms with Crippen molar-refractivity contribution in [1.82, 2.24) is 9.62 Å². The SMILES string of the molecule is C[C@H](NS(=O)(=O)c1ccc(Cl)cc1)C(=O)N(C)C(C(N)=O)c1cccc(F)c1. The quantitative estimate of drug-likeness (QED) is 0.702. The lowest BCUT2D eigenvalue weighted by Gasteiger charge is -2.28. The Balaban J connectivity index is 2.22. The molecule has 0 aliphatic carbocycles. The summed E-state index contributed by atoms with van der Waals surface area (Å²) in [6, 6.07) is 8.04. The van der Waals surface area contributed by atoms with Crippen LogP contribution < -0.4 is 10.5 Å². The van der Waals surface area contributed by atoms with Crippen LogP contribution in [0.4, 0.5) is 4.39 Å². The standard InChI is InChI=1S/C18H19ClFN3O4S/c1-11(22-28(26,27)15-8-6-13(19)7-9-15)18(25)23(2)16(17(21)24)12-4-3-5-14(20)10-12/h3-11,16,22H,1-2H3,(H2,21,24)/t11-,16?/m0/s1. The number of carbonyl (C=O) groups is 2. The van der Waals surface area contributed by atoms with E-state index in [1.54, 1.807) is 0 Å². The molecule has 0 fully saturated rings. The average Bonchev–Trinajstić information content (AvgIpc) is 2.60. The molecule has 2 atom stereocenters. The van der Waals surface area contributed by atoms with E-state index in [-0.39, 0.29) is 10.5 Å². The maximum atomic E-state index is 13.5. The summed E-state index contributed by atoms with van der Waals surface area (Å²) in [4.78, 5) is 25.5. The number of nitrogens with one attached hydrogen (secondary N) is 1. The van der Waals surface area contributed by atoms with Crippen LogP contribution in [0.1, 0.15) is 18.5 Å². The fourth-order valence-corrected chi connectivity index (χ4v) is 3.98. The van der Waals surface area contributed by atoms with Crippen molar-refractivity contribution in [3.05, 3.63) is 64.9 Å². The van der Waals surface area contributed by atoms with Crippen molar-refractivity contribution in [1.29, 1.82) is 0 Å². The molecule has 0 saturated carbocycles. The van der Waals surface area contributed by atoms with Gasteiger partial charge in [-0.1, -0.05) is 23.7 Å². The van der Waals surface area contributed by atoms with E-state index in [1.165, 1.54) is 56.4 Å². The first-order valence-electron chi connectivity index (χ1n) is 8.12. The first-order valence-corrected chi connectivity index (χ1v) is 9.98. The number of primary amides is 1. The monoisotopic (exact) mass is 427 g/mol. The summed E-state index contributed by atoms with van der Waals surface area (Å²) < 4.78 is 40.6. The summed E-state index contributed by atoms with van der Waals surface area (Å²) >= 11 is 5.75. The fourth-order valence-electron chi connectivity index (χ4n) is 2.65. The second-order valence-corrected chi connectivity index (χ2v) is 8.26. The minimum Gasteiger partial charge on any atom is -0.368 e. The van der Waals surface area contributed by atoms with Gasteiger partial charge in [0.05, 0.1) is 10.9 Å². The summed E-state index contributed by atoms with van der Waals surface area (Å²) in [5.74, 6) is -2.19. The Bertz CT molecular complexity index is 983. The molecule has 0 saturated heterocycles. The number of hydrogen-bond acceptors (Lipinski definition) is 4. The highest BCUT2D eigenvalue weighted by Gasteiger charge is 2.31. The van der Waals surface area contributed by atoms with E-state index in [0.717, 1.165) is 11.0 Å². The largest absolute Gasteiger partial charge is 0.368 e. The van der Waals surface area contributed by atoms with Gasteiger partial charge in [0, 0.05) is 12.1 Å². The van der Waals surface area contributed by atoms with Crippen molar-refractivity contribution in [2.75, 3.05) is 7.05 Å². The molecule has 0 aliphatic rings. The molecule has 2 aromatic carbocycles. The molecule has 0 spiro atoms. The number of halogens is 2. The van der Waals surface area contributed by atoms with Crippen LogP contribution in [0.2, 0.25) is 5.02 Å². The Kier molecular flexibility index (Phi) is 6.76. The number of amides is 2. The highest BCUT2D eigenvalue weighted by atomic mass is 35.5. The average molecular weight is 428 g/mol. The zero-order valence-electron chi connectivity index (χ0n) is 15.1. The number of nitrogens with zero attached hydrogens (tertiary/aromatic N) is 1. The number of rotatable bonds is 7. The van der Waals surface area contributed by atoms with Gasteiger partial charge in [-0.25, -0.2) is 12.8 Å². The van der Waals surface area contributed by atoms with Crippen molar-refractivity contribution in [2.24, 2.45) is 5.73 Å². The maximum absolute atomic E-state index is 13.5. The van der Waals surface area contributed by atoms with Gasteiger partial charge in [-0.2, -0.15) is 4.72 Å². The molecule has 10 heteroatoms. The third-order valence-electron chi connectivity index (χ3n) is 4.00. The Morgan fingerprint density at radius 3 is 2.32 bits per heavy atom. The van der Waals surface area contributed by atoms with E-state index in [2.05, 4.69) is 4.72 Å². The van der Waals surface area contributed by atoms with Crippen LogP contribution in [-0.4, -0.2) is 38.2 Å². The van der Waals surface area contributed by atoms with Crippen LogP contribution in [0.25, 0.3) is 0 Å². The number of sulfonamides is 1. The number of benzene rings is 2. The van der Waals surface area contributed by atoms with Gasteiger partial charge in [0.2, 0.25) is 21.8 Å². The van der Waals surface area contributed by atoms with Gasteiger partial charge in [-0.15, -0.1) is 0 Å². The zero-order valence-corrected chi connectivity index (χ0v) is 16.7. The Labute approximate surface area is 167 Å². The van der Waals surface area contributed by atoms with Crippen LogP contribution in [0.3, 0.4) is 0 Å². The van der Waals surface area contributed by atoms with Gasteiger partial charge in [0.15, 0.2) is 0 Å². The van der Waals surface area contributed by atoms with Crippen molar-refractivity contribution in [3.8, 4) is 0 Å². The number of likely N-dealkylation sites (N-methyl/N-ethyl adjacent to an activating group) is 1. The number of hydrogen-bond donors (Lipinski definition) is 2. The summed E-state index contributed by atoms with van der Waals surface area (Å²) in [5, 5.41) is 0.363. The van der Waals surface area contributed by atoms with E-state index in [9.17, 15) is 22.4 Å². The zero-order chi connectivity index (χ0) is 21.1. The van der Waals surface area contributed by atoms with E-state index in [1.807, 2.05) is 0 Å². The molecule has 0 radical (unpaired) electrons. The van der Waals surface area contributed by atoms with E-state index in [4.69, 9.17) is 17.3 Å². The summed E-state index contributed by atoms with van der Waals surface area (Å²) in [5.41, 5.74) is 5.56. The lowest BCUT2D eigenvalue weighted by atomic mass is 10.0. The topological polar surface area (TPSA) is 110 Å². The van der Waals surface area contributed by atoms with Crippen LogP contribution in [0, 0.1) is 5.82 Å². The molecule has 0 heterocycles. The molecule has 150 valence electrons. The van der Waals surface area contributed by atoms with Gasteiger partial charge in [0.25, 0.3) is 0 Å². The number of nitrogens with two attached hydrogens (primary N) is 1. The van der Waals surface area contributed by atoms with E-state index < -0.39 is 39.7 Å². The Morgan fingerprint density at radius 2 is 1.79 bits per heavy atom. The van der Waals surface area contributed by atoms with Crippen molar-refractivity contribution >= 4 is 33.4 Å². The molecule has 3 N–H and O–H groups in total. The lowest BCUT2D eigenvalue weighted by molar-refractivity contribution is -0.139. The molecule has 0 aliphatic heterocycles. The molecular formula is C18H19ClFN3O4S. The lowest BCUT2D eigenvalue weighted by Crippen LogP contribution is -2.49. The van der Waals surface area contributed by atoms with Gasteiger partial charge in [-0.05, 0) is 48.9 Å². The van der Waals surface area contributed by atoms with Crippen LogP contribution in [0.5, 0.6) is 0 Å². The van der Waals surface area contributed by atoms with Crippen LogP contribution in [0.15, 0.2) is 53.4 Å². The molecule has 1 unspecified atom stereocenters. The fraction of sp³-hybridized carbons (Fsp3) is 0.222. The third kappa shape index (κ3) is 5.06. The summed E-state index contributed by atoms with van der Waals surface area (Å²) in [6.07, 6.45) is 0. The first-order chi connectivity index (χ1) is 13.0. The Hall–Kier alpha value is -2.49. The predicted octanol–water partition coefficient (Wildman–Crippen LogP) is 1.83. The van der Waals surface area contributed by atoms with Crippen LogP contribution in [-0.2, 0) is 19.6 Å². The summed E-state index contributed by atoms with van der Waals surface area (Å²) in [6.45, 7) is 1.33. The number of carbonyl (C=O) groups excluding carboxylic acids is 2.